The molecule has 0 aliphatic carbocycles. The van der Waals surface area contributed by atoms with Crippen LogP contribution in [0, 0.1) is 0 Å². The molecule has 3 aromatic rings. The van der Waals surface area contributed by atoms with Crippen molar-refractivity contribution in [2.45, 2.75) is 0 Å². The monoisotopic (exact) mass is 277 g/mol. The summed E-state index contributed by atoms with van der Waals surface area (Å²) < 4.78 is 0. The molecule has 21 heavy (non-hydrogen) atoms. The van der Waals surface area contributed by atoms with Gasteiger partial charge in [0.15, 0.2) is 0 Å². The molecular formula is C16H15N5. The Bertz CT molecular complexity index is 773. The maximum atomic E-state index is 4.31. The van der Waals surface area contributed by atoms with Crippen molar-refractivity contribution in [2.75, 3.05) is 19.0 Å². The molecule has 0 spiro atoms. The summed E-state index contributed by atoms with van der Waals surface area (Å²) in [4.78, 5) is 10.6. The lowest BCUT2D eigenvalue weighted by atomic mass is 10.2. The standard InChI is InChI=1S/C16H15N5/c1-21(2)13-8-6-12(7-9-13)19-20-15-5-3-4-14-16(15)18-11-10-17-14/h3-11H,1-2H3. The summed E-state index contributed by atoms with van der Waals surface area (Å²) in [7, 11) is 4.01. The molecule has 2 aromatic carbocycles. The Labute approximate surface area is 123 Å². The van der Waals surface area contributed by atoms with E-state index in [0.717, 1.165) is 28.1 Å². The average Bonchev–Trinajstić information content (AvgIpc) is 2.53. The highest BCUT2D eigenvalue weighted by atomic mass is 15.1. The van der Waals surface area contributed by atoms with Crippen LogP contribution in [0.3, 0.4) is 0 Å². The Morgan fingerprint density at radius 3 is 2.38 bits per heavy atom. The van der Waals surface area contributed by atoms with Crippen LogP contribution in [0.2, 0.25) is 0 Å². The van der Waals surface area contributed by atoms with Crippen LogP contribution in [0.4, 0.5) is 17.1 Å². The molecule has 3 rings (SSSR count). The molecule has 0 aliphatic heterocycles. The van der Waals surface area contributed by atoms with Crippen LogP contribution in [0.5, 0.6) is 0 Å². The molecule has 0 aliphatic rings. The number of rotatable bonds is 3. The van der Waals surface area contributed by atoms with Crippen molar-refractivity contribution in [1.29, 1.82) is 0 Å². The van der Waals surface area contributed by atoms with Crippen molar-refractivity contribution in [3.05, 3.63) is 54.9 Å². The zero-order valence-electron chi connectivity index (χ0n) is 11.9. The summed E-state index contributed by atoms with van der Waals surface area (Å²) in [5, 5.41) is 8.55. The predicted molar refractivity (Wildman–Crippen MR) is 84.5 cm³/mol. The van der Waals surface area contributed by atoms with Gasteiger partial charge in [0.05, 0.1) is 11.2 Å². The van der Waals surface area contributed by atoms with E-state index >= 15 is 0 Å². The highest BCUT2D eigenvalue weighted by molar-refractivity contribution is 5.85. The number of para-hydroxylation sites is 1. The van der Waals surface area contributed by atoms with E-state index in [2.05, 4.69) is 20.2 Å². The molecule has 0 bridgehead atoms. The molecule has 1 heterocycles. The summed E-state index contributed by atoms with van der Waals surface area (Å²) in [6, 6.07) is 13.6. The molecule has 0 saturated heterocycles. The van der Waals surface area contributed by atoms with Gasteiger partial charge in [0, 0.05) is 32.2 Å². The molecular weight excluding hydrogens is 262 g/mol. The van der Waals surface area contributed by atoms with Crippen LogP contribution >= 0.6 is 0 Å². The molecule has 0 unspecified atom stereocenters. The van der Waals surface area contributed by atoms with E-state index in [1.807, 2.05) is 61.5 Å². The van der Waals surface area contributed by atoms with Crippen LogP contribution in [0.25, 0.3) is 11.0 Å². The van der Waals surface area contributed by atoms with E-state index in [1.165, 1.54) is 0 Å². The highest BCUT2D eigenvalue weighted by Gasteiger charge is 2.01. The van der Waals surface area contributed by atoms with Gasteiger partial charge in [-0.05, 0) is 36.4 Å². The lowest BCUT2D eigenvalue weighted by Gasteiger charge is -2.11. The third-order valence-electron chi connectivity index (χ3n) is 3.12. The number of hydrogen-bond acceptors (Lipinski definition) is 5. The van der Waals surface area contributed by atoms with E-state index in [9.17, 15) is 0 Å². The summed E-state index contributed by atoms with van der Waals surface area (Å²) >= 11 is 0. The van der Waals surface area contributed by atoms with Crippen LogP contribution in [0.1, 0.15) is 0 Å². The fraction of sp³-hybridized carbons (Fsp3) is 0.125. The minimum absolute atomic E-state index is 0.720. The average molecular weight is 277 g/mol. The summed E-state index contributed by atoms with van der Waals surface area (Å²) in [5.41, 5.74) is 4.23. The first kappa shape index (κ1) is 13.2. The Morgan fingerprint density at radius 2 is 1.62 bits per heavy atom. The lowest BCUT2D eigenvalue weighted by Crippen LogP contribution is -2.07. The third-order valence-corrected chi connectivity index (χ3v) is 3.12. The molecule has 5 heteroatoms. The van der Waals surface area contributed by atoms with Crippen LogP contribution in [-0.2, 0) is 0 Å². The molecule has 0 radical (unpaired) electrons. The first-order valence-corrected chi connectivity index (χ1v) is 6.63. The Kier molecular flexibility index (Phi) is 3.55. The Hall–Kier alpha value is -2.82. The number of aromatic nitrogens is 2. The van der Waals surface area contributed by atoms with Crippen LogP contribution < -0.4 is 4.90 Å². The fourth-order valence-corrected chi connectivity index (χ4v) is 1.99. The van der Waals surface area contributed by atoms with Gasteiger partial charge in [-0.1, -0.05) is 6.07 Å². The number of hydrogen-bond donors (Lipinski definition) is 0. The molecule has 0 fully saturated rings. The number of fused-ring (bicyclic) bond motifs is 1. The van der Waals surface area contributed by atoms with Crippen LogP contribution in [-0.4, -0.2) is 24.1 Å². The Morgan fingerprint density at radius 1 is 0.857 bits per heavy atom. The van der Waals surface area contributed by atoms with Crippen molar-refractivity contribution >= 4 is 28.1 Å². The molecule has 0 N–H and O–H groups in total. The van der Waals surface area contributed by atoms with Crippen LogP contribution in [0.15, 0.2) is 65.1 Å². The molecule has 0 amide bonds. The SMILES string of the molecule is CN(C)c1ccc(N=Nc2cccc3nccnc23)cc1. The van der Waals surface area contributed by atoms with E-state index in [-0.39, 0.29) is 0 Å². The predicted octanol–water partition coefficient (Wildman–Crippen LogP) is 4.11. The number of anilines is 1. The third kappa shape index (κ3) is 2.86. The first-order chi connectivity index (χ1) is 10.2. The van der Waals surface area contributed by atoms with Gasteiger partial charge in [0.25, 0.3) is 0 Å². The number of nitrogens with zero attached hydrogens (tertiary/aromatic N) is 5. The summed E-state index contributed by atoms with van der Waals surface area (Å²) in [6.07, 6.45) is 3.33. The number of azo groups is 1. The summed E-state index contributed by atoms with van der Waals surface area (Å²) in [6.45, 7) is 0. The largest absolute Gasteiger partial charge is 0.378 e. The topological polar surface area (TPSA) is 53.7 Å². The van der Waals surface area contributed by atoms with Gasteiger partial charge < -0.3 is 4.90 Å². The zero-order valence-corrected chi connectivity index (χ0v) is 11.9. The van der Waals surface area contributed by atoms with E-state index in [0.29, 0.717) is 0 Å². The molecule has 104 valence electrons. The van der Waals surface area contributed by atoms with Gasteiger partial charge in [0.2, 0.25) is 0 Å². The van der Waals surface area contributed by atoms with Gasteiger partial charge >= 0.3 is 0 Å². The van der Waals surface area contributed by atoms with Crippen molar-refractivity contribution < 1.29 is 0 Å². The zero-order chi connectivity index (χ0) is 14.7. The fourth-order valence-electron chi connectivity index (χ4n) is 1.99. The maximum absolute atomic E-state index is 4.31. The van der Waals surface area contributed by atoms with Gasteiger partial charge in [-0.3, -0.25) is 9.97 Å². The molecule has 0 atom stereocenters. The quantitative estimate of drug-likeness (QED) is 0.677. The van der Waals surface area contributed by atoms with E-state index in [1.54, 1.807) is 12.4 Å². The maximum Gasteiger partial charge on any atom is 0.116 e. The van der Waals surface area contributed by atoms with Crippen molar-refractivity contribution in [3.63, 3.8) is 0 Å². The van der Waals surface area contributed by atoms with Gasteiger partial charge in [0.1, 0.15) is 11.2 Å². The van der Waals surface area contributed by atoms with Crippen molar-refractivity contribution in [3.8, 4) is 0 Å². The van der Waals surface area contributed by atoms with Crippen molar-refractivity contribution in [1.82, 2.24) is 9.97 Å². The second-order valence-electron chi connectivity index (χ2n) is 4.81. The molecule has 0 saturated carbocycles. The normalized spacial score (nSPS) is 11.1. The highest BCUT2D eigenvalue weighted by Crippen LogP contribution is 2.25. The minimum atomic E-state index is 0.720. The van der Waals surface area contributed by atoms with Gasteiger partial charge in [-0.15, -0.1) is 5.11 Å². The first-order valence-electron chi connectivity index (χ1n) is 6.63. The van der Waals surface area contributed by atoms with E-state index < -0.39 is 0 Å². The Balaban J connectivity index is 1.91. The smallest absolute Gasteiger partial charge is 0.116 e. The summed E-state index contributed by atoms with van der Waals surface area (Å²) in [5.74, 6) is 0. The van der Waals surface area contributed by atoms with E-state index in [4.69, 9.17) is 0 Å². The second-order valence-corrected chi connectivity index (χ2v) is 4.81. The van der Waals surface area contributed by atoms with Gasteiger partial charge in [-0.25, -0.2) is 0 Å². The minimum Gasteiger partial charge on any atom is -0.378 e. The molecule has 1 aromatic heterocycles. The molecule has 5 nitrogen and oxygen atoms in total. The van der Waals surface area contributed by atoms with Gasteiger partial charge in [-0.2, -0.15) is 5.11 Å². The number of benzene rings is 2. The lowest BCUT2D eigenvalue weighted by molar-refractivity contribution is 1.13. The van der Waals surface area contributed by atoms with Crippen molar-refractivity contribution in [2.24, 2.45) is 10.2 Å². The second kappa shape index (κ2) is 5.66.